The van der Waals surface area contributed by atoms with Crippen LogP contribution in [0.25, 0.3) is 22.0 Å². The first kappa shape index (κ1) is 19.2. The summed E-state index contributed by atoms with van der Waals surface area (Å²) < 4.78 is 28.5. The molecule has 8 heteroatoms. The van der Waals surface area contributed by atoms with Crippen LogP contribution in [0.2, 0.25) is 0 Å². The highest BCUT2D eigenvalue weighted by atomic mass is 32.2. The van der Waals surface area contributed by atoms with Crippen LogP contribution >= 0.6 is 0 Å². The molecule has 1 aliphatic carbocycles. The predicted molar refractivity (Wildman–Crippen MR) is 121 cm³/mol. The molecule has 2 aromatic heterocycles. The predicted octanol–water partition coefficient (Wildman–Crippen LogP) is 3.29. The molecule has 1 saturated carbocycles. The minimum absolute atomic E-state index is 0.0145. The Hall–Kier alpha value is -2.74. The Labute approximate surface area is 175 Å². The quantitative estimate of drug-likeness (QED) is 0.655. The SMILES string of the molecule is CCS(=O)(=O)Nc1ccc(N2CC3(CCC3)C2)c(-c2cn(C)c(=O)c3[nH]ccc23)c1. The summed E-state index contributed by atoms with van der Waals surface area (Å²) in [7, 11) is -1.64. The van der Waals surface area contributed by atoms with E-state index in [1.165, 1.54) is 19.3 Å². The molecular weight excluding hydrogens is 400 g/mol. The normalized spacial score (nSPS) is 17.7. The number of nitrogens with zero attached hydrogens (tertiary/aromatic N) is 2. The topological polar surface area (TPSA) is 87.2 Å². The van der Waals surface area contributed by atoms with Crippen molar-refractivity contribution in [1.82, 2.24) is 9.55 Å². The van der Waals surface area contributed by atoms with E-state index in [2.05, 4.69) is 14.6 Å². The standard InChI is InChI=1S/C22H26N4O3S/c1-3-30(28,29)24-15-5-6-19(26-13-22(14-26)8-4-9-22)17(11-15)18-12-25(2)21(27)20-16(18)7-10-23-20/h5-7,10-12,23-24H,3-4,8-9,13-14H2,1-2H3. The van der Waals surface area contributed by atoms with Crippen molar-refractivity contribution in [3.05, 3.63) is 47.0 Å². The maximum absolute atomic E-state index is 12.5. The van der Waals surface area contributed by atoms with Gasteiger partial charge in [-0.2, -0.15) is 0 Å². The van der Waals surface area contributed by atoms with E-state index in [0.717, 1.165) is 35.3 Å². The molecule has 1 aromatic carbocycles. The van der Waals surface area contributed by atoms with Crippen LogP contribution in [-0.2, 0) is 17.1 Å². The molecule has 0 unspecified atom stereocenters. The van der Waals surface area contributed by atoms with Gasteiger partial charge in [0.1, 0.15) is 5.52 Å². The van der Waals surface area contributed by atoms with Gasteiger partial charge in [-0.05, 0) is 44.0 Å². The Bertz CT molecular complexity index is 1290. The van der Waals surface area contributed by atoms with Crippen LogP contribution in [0.15, 0.2) is 41.5 Å². The number of aryl methyl sites for hydroxylation is 1. The molecule has 7 nitrogen and oxygen atoms in total. The lowest BCUT2D eigenvalue weighted by atomic mass is 9.63. The Kier molecular flexibility index (Phi) is 4.25. The second kappa shape index (κ2) is 6.63. The summed E-state index contributed by atoms with van der Waals surface area (Å²) in [6.07, 6.45) is 7.49. The number of pyridine rings is 1. The lowest BCUT2D eigenvalue weighted by Gasteiger charge is -2.57. The molecule has 1 aliphatic heterocycles. The van der Waals surface area contributed by atoms with Crippen molar-refractivity contribution in [2.75, 3.05) is 28.5 Å². The fourth-order valence-electron chi connectivity index (χ4n) is 4.75. The number of aromatic nitrogens is 2. The van der Waals surface area contributed by atoms with E-state index in [1.807, 2.05) is 30.5 Å². The van der Waals surface area contributed by atoms with E-state index < -0.39 is 10.0 Å². The molecule has 0 bridgehead atoms. The maximum atomic E-state index is 12.5. The van der Waals surface area contributed by atoms with Crippen molar-refractivity contribution >= 4 is 32.3 Å². The third-order valence-corrected chi connectivity index (χ3v) is 7.95. The van der Waals surface area contributed by atoms with Crippen molar-refractivity contribution in [1.29, 1.82) is 0 Å². The number of fused-ring (bicyclic) bond motifs is 1. The second-order valence-corrected chi connectivity index (χ2v) is 10.7. The van der Waals surface area contributed by atoms with E-state index in [9.17, 15) is 13.2 Å². The van der Waals surface area contributed by atoms with Crippen LogP contribution in [-0.4, -0.2) is 36.8 Å². The summed E-state index contributed by atoms with van der Waals surface area (Å²) in [6.45, 7) is 3.68. The van der Waals surface area contributed by atoms with Crippen LogP contribution in [0.4, 0.5) is 11.4 Å². The van der Waals surface area contributed by atoms with E-state index >= 15 is 0 Å². The summed E-state index contributed by atoms with van der Waals surface area (Å²) >= 11 is 0. The number of rotatable bonds is 5. The van der Waals surface area contributed by atoms with E-state index in [-0.39, 0.29) is 11.3 Å². The molecule has 1 saturated heterocycles. The Balaban J connectivity index is 1.65. The van der Waals surface area contributed by atoms with Gasteiger partial charge in [-0.3, -0.25) is 9.52 Å². The zero-order chi connectivity index (χ0) is 21.1. The Morgan fingerprint density at radius 2 is 1.93 bits per heavy atom. The number of hydrogen-bond acceptors (Lipinski definition) is 4. The minimum atomic E-state index is -3.38. The number of hydrogen-bond donors (Lipinski definition) is 2. The zero-order valence-electron chi connectivity index (χ0n) is 17.2. The summed E-state index contributed by atoms with van der Waals surface area (Å²) in [4.78, 5) is 17.9. The molecule has 2 aliphatic rings. The molecule has 2 N–H and O–H groups in total. The first-order chi connectivity index (χ1) is 14.3. The second-order valence-electron chi connectivity index (χ2n) is 8.67. The van der Waals surface area contributed by atoms with Gasteiger partial charge in [0.05, 0.1) is 5.75 Å². The average Bonchev–Trinajstić information content (AvgIpc) is 3.13. The van der Waals surface area contributed by atoms with E-state index in [0.29, 0.717) is 16.6 Å². The fourth-order valence-corrected chi connectivity index (χ4v) is 5.38. The van der Waals surface area contributed by atoms with E-state index in [4.69, 9.17) is 0 Å². The number of sulfonamides is 1. The number of benzene rings is 1. The Morgan fingerprint density at radius 3 is 2.60 bits per heavy atom. The number of nitrogens with one attached hydrogen (secondary N) is 2. The maximum Gasteiger partial charge on any atom is 0.274 e. The largest absolute Gasteiger partial charge is 0.370 e. The van der Waals surface area contributed by atoms with Crippen molar-refractivity contribution < 1.29 is 8.42 Å². The monoisotopic (exact) mass is 426 g/mol. The molecule has 3 heterocycles. The molecule has 30 heavy (non-hydrogen) atoms. The third-order valence-electron chi connectivity index (χ3n) is 6.64. The molecule has 3 aromatic rings. The van der Waals surface area contributed by atoms with Crippen LogP contribution < -0.4 is 15.2 Å². The molecule has 0 amide bonds. The van der Waals surface area contributed by atoms with Gasteiger partial charge in [0.15, 0.2) is 0 Å². The van der Waals surface area contributed by atoms with Gasteiger partial charge in [0.25, 0.3) is 5.56 Å². The third kappa shape index (κ3) is 3.01. The lowest BCUT2D eigenvalue weighted by molar-refractivity contribution is 0.0905. The Morgan fingerprint density at radius 1 is 1.17 bits per heavy atom. The van der Waals surface area contributed by atoms with Gasteiger partial charge in [0.2, 0.25) is 10.0 Å². The van der Waals surface area contributed by atoms with Crippen LogP contribution in [0.5, 0.6) is 0 Å². The van der Waals surface area contributed by atoms with Crippen LogP contribution in [0, 0.1) is 5.41 Å². The van der Waals surface area contributed by atoms with Gasteiger partial charge in [-0.25, -0.2) is 8.42 Å². The molecule has 158 valence electrons. The molecule has 0 radical (unpaired) electrons. The highest BCUT2D eigenvalue weighted by Crippen LogP contribution is 2.51. The van der Waals surface area contributed by atoms with Crippen LogP contribution in [0.1, 0.15) is 26.2 Å². The first-order valence-corrected chi connectivity index (χ1v) is 12.0. The van der Waals surface area contributed by atoms with Gasteiger partial charge in [0, 0.05) is 65.8 Å². The number of aromatic amines is 1. The molecular formula is C22H26N4O3S. The first-order valence-electron chi connectivity index (χ1n) is 10.4. The van der Waals surface area contributed by atoms with Crippen molar-refractivity contribution in [2.24, 2.45) is 12.5 Å². The van der Waals surface area contributed by atoms with Gasteiger partial charge < -0.3 is 14.5 Å². The van der Waals surface area contributed by atoms with Crippen molar-refractivity contribution in [3.8, 4) is 11.1 Å². The van der Waals surface area contributed by atoms with Crippen molar-refractivity contribution in [2.45, 2.75) is 26.2 Å². The summed E-state index contributed by atoms with van der Waals surface area (Å²) in [5.41, 5.74) is 4.39. The number of anilines is 2. The molecule has 0 atom stereocenters. The highest BCUT2D eigenvalue weighted by molar-refractivity contribution is 7.92. The average molecular weight is 427 g/mol. The fraction of sp³-hybridized carbons (Fsp3) is 0.409. The summed E-state index contributed by atoms with van der Waals surface area (Å²) in [5.74, 6) is 0.0145. The zero-order valence-corrected chi connectivity index (χ0v) is 18.1. The van der Waals surface area contributed by atoms with Crippen LogP contribution in [0.3, 0.4) is 0 Å². The molecule has 2 fully saturated rings. The molecule has 1 spiro atoms. The van der Waals surface area contributed by atoms with Crippen molar-refractivity contribution in [3.63, 3.8) is 0 Å². The van der Waals surface area contributed by atoms with Gasteiger partial charge in [-0.1, -0.05) is 6.42 Å². The van der Waals surface area contributed by atoms with E-state index in [1.54, 1.807) is 24.7 Å². The summed E-state index contributed by atoms with van der Waals surface area (Å²) in [6, 6.07) is 7.62. The smallest absolute Gasteiger partial charge is 0.274 e. The number of H-pyrrole nitrogens is 1. The van der Waals surface area contributed by atoms with Gasteiger partial charge in [-0.15, -0.1) is 0 Å². The van der Waals surface area contributed by atoms with Gasteiger partial charge >= 0.3 is 0 Å². The highest BCUT2D eigenvalue weighted by Gasteiger charge is 2.47. The minimum Gasteiger partial charge on any atom is -0.370 e. The summed E-state index contributed by atoms with van der Waals surface area (Å²) in [5, 5.41) is 0.841. The molecule has 5 rings (SSSR count). The lowest BCUT2D eigenvalue weighted by Crippen LogP contribution is -2.60.